The third-order valence-electron chi connectivity index (χ3n) is 2.33. The van der Waals surface area contributed by atoms with Crippen LogP contribution in [0, 0.1) is 29.6 Å². The molecule has 0 aliphatic rings. The normalized spacial score (nSPS) is 9.44. The van der Waals surface area contributed by atoms with E-state index in [0.717, 1.165) is 0 Å². The third kappa shape index (κ3) is 1.43. The van der Waals surface area contributed by atoms with Crippen molar-refractivity contribution in [1.82, 2.24) is 9.97 Å². The molecule has 2 heterocycles. The summed E-state index contributed by atoms with van der Waals surface area (Å²) in [4.78, 5) is 7.18. The first-order chi connectivity index (χ1) is 7.77. The third-order valence-corrected chi connectivity index (χ3v) is 2.33. The average Bonchev–Trinajstić information content (AvgIpc) is 2.66. The highest BCUT2D eigenvalue weighted by atomic mass is 14.8. The van der Waals surface area contributed by atoms with Crippen LogP contribution in [0.4, 0.5) is 0 Å². The lowest BCUT2D eigenvalue weighted by Crippen LogP contribution is -1.85. The lowest BCUT2D eigenvalue weighted by Gasteiger charge is -1.96. The van der Waals surface area contributed by atoms with E-state index in [1.165, 1.54) is 0 Å². The topological polar surface area (TPSA) is 76.3 Å². The fraction of sp³-hybridized carbons (Fsp3) is 0.0833. The summed E-state index contributed by atoms with van der Waals surface area (Å²) in [7, 11) is 0. The monoisotopic (exact) mass is 208 g/mol. The number of aromatic nitrogens is 2. The van der Waals surface area contributed by atoms with E-state index in [1.54, 1.807) is 25.3 Å². The number of nitriles is 2. The Kier molecular flexibility index (Phi) is 2.41. The maximum absolute atomic E-state index is 9.06. The van der Waals surface area contributed by atoms with Crippen molar-refractivity contribution in [3.05, 3.63) is 41.2 Å². The van der Waals surface area contributed by atoms with Crippen LogP contribution < -0.4 is 0 Å². The maximum Gasteiger partial charge on any atom is 0.103 e. The van der Waals surface area contributed by atoms with Gasteiger partial charge < -0.3 is 4.98 Å². The van der Waals surface area contributed by atoms with Crippen LogP contribution in [0.2, 0.25) is 0 Å². The number of H-pyrrole nitrogens is 1. The zero-order valence-electron chi connectivity index (χ0n) is 8.65. The number of pyridine rings is 1. The van der Waals surface area contributed by atoms with Crippen LogP contribution in [0.5, 0.6) is 0 Å². The average molecular weight is 208 g/mol. The SMILES string of the molecule is Cc1[nH]c(-c2ccccn2)c(C#N)c1C#N. The van der Waals surface area contributed by atoms with Crippen LogP contribution in [0.1, 0.15) is 16.8 Å². The van der Waals surface area contributed by atoms with E-state index in [0.29, 0.717) is 28.2 Å². The summed E-state index contributed by atoms with van der Waals surface area (Å²) in [5.74, 6) is 0. The first-order valence-corrected chi connectivity index (χ1v) is 4.72. The maximum atomic E-state index is 9.06. The smallest absolute Gasteiger partial charge is 0.103 e. The molecule has 0 atom stereocenters. The van der Waals surface area contributed by atoms with E-state index in [9.17, 15) is 0 Å². The van der Waals surface area contributed by atoms with Crippen molar-refractivity contribution in [1.29, 1.82) is 10.5 Å². The Morgan fingerprint density at radius 1 is 1.19 bits per heavy atom. The zero-order valence-corrected chi connectivity index (χ0v) is 8.65. The second-order valence-corrected chi connectivity index (χ2v) is 3.31. The van der Waals surface area contributed by atoms with Crippen LogP contribution in [-0.2, 0) is 0 Å². The highest BCUT2D eigenvalue weighted by Crippen LogP contribution is 2.25. The molecule has 0 aliphatic carbocycles. The molecule has 0 radical (unpaired) electrons. The molecule has 2 rings (SSSR count). The molecule has 0 unspecified atom stereocenters. The van der Waals surface area contributed by atoms with E-state index >= 15 is 0 Å². The Balaban J connectivity index is 2.70. The molecule has 0 amide bonds. The van der Waals surface area contributed by atoms with Gasteiger partial charge in [-0.15, -0.1) is 0 Å². The number of nitrogens with zero attached hydrogens (tertiary/aromatic N) is 3. The Morgan fingerprint density at radius 3 is 2.50 bits per heavy atom. The molecule has 0 saturated carbocycles. The number of hydrogen-bond acceptors (Lipinski definition) is 3. The largest absolute Gasteiger partial charge is 0.355 e. The minimum Gasteiger partial charge on any atom is -0.355 e. The molecule has 16 heavy (non-hydrogen) atoms. The number of hydrogen-bond donors (Lipinski definition) is 1. The van der Waals surface area contributed by atoms with Crippen molar-refractivity contribution in [2.75, 3.05) is 0 Å². The highest BCUT2D eigenvalue weighted by Gasteiger charge is 2.16. The molecule has 0 aromatic carbocycles. The Morgan fingerprint density at radius 2 is 1.94 bits per heavy atom. The molecule has 0 aliphatic heterocycles. The molecule has 2 aromatic heterocycles. The van der Waals surface area contributed by atoms with E-state index in [-0.39, 0.29) is 0 Å². The Labute approximate surface area is 92.8 Å². The molecule has 0 saturated heterocycles. The standard InChI is InChI=1S/C12H8N4/c1-8-9(6-13)10(7-14)12(16-8)11-4-2-3-5-15-11/h2-5,16H,1H3. The fourth-order valence-corrected chi connectivity index (χ4v) is 1.58. The lowest BCUT2D eigenvalue weighted by molar-refractivity contribution is 1.22. The van der Waals surface area contributed by atoms with Crippen LogP contribution in [-0.4, -0.2) is 9.97 Å². The van der Waals surface area contributed by atoms with Gasteiger partial charge in [0.2, 0.25) is 0 Å². The second-order valence-electron chi connectivity index (χ2n) is 3.31. The van der Waals surface area contributed by atoms with E-state index in [1.807, 2.05) is 18.2 Å². The zero-order chi connectivity index (χ0) is 11.5. The van der Waals surface area contributed by atoms with Crippen molar-refractivity contribution in [3.8, 4) is 23.5 Å². The van der Waals surface area contributed by atoms with Gasteiger partial charge in [0.1, 0.15) is 12.1 Å². The molecule has 76 valence electrons. The van der Waals surface area contributed by atoms with Gasteiger partial charge >= 0.3 is 0 Å². The number of rotatable bonds is 1. The quantitative estimate of drug-likeness (QED) is 0.779. The minimum absolute atomic E-state index is 0.360. The molecular formula is C12H8N4. The van der Waals surface area contributed by atoms with Crippen LogP contribution in [0.15, 0.2) is 24.4 Å². The molecule has 2 aromatic rings. The second kappa shape index (κ2) is 3.88. The van der Waals surface area contributed by atoms with E-state index in [4.69, 9.17) is 10.5 Å². The van der Waals surface area contributed by atoms with Gasteiger partial charge in [0.05, 0.1) is 22.5 Å². The summed E-state index contributed by atoms with van der Waals surface area (Å²) < 4.78 is 0. The molecule has 1 N–H and O–H groups in total. The van der Waals surface area contributed by atoms with Gasteiger partial charge in [-0.1, -0.05) is 6.07 Å². The summed E-state index contributed by atoms with van der Waals surface area (Å²) in [6.07, 6.45) is 1.65. The summed E-state index contributed by atoms with van der Waals surface area (Å²) in [5, 5.41) is 18.0. The van der Waals surface area contributed by atoms with Gasteiger partial charge in [0.15, 0.2) is 0 Å². The van der Waals surface area contributed by atoms with Gasteiger partial charge in [-0.25, -0.2) is 0 Å². The number of nitrogens with one attached hydrogen (secondary N) is 1. The first kappa shape index (κ1) is 9.95. The molecular weight excluding hydrogens is 200 g/mol. The first-order valence-electron chi connectivity index (χ1n) is 4.72. The summed E-state index contributed by atoms with van der Waals surface area (Å²) >= 11 is 0. The van der Waals surface area contributed by atoms with Crippen molar-refractivity contribution in [3.63, 3.8) is 0 Å². The van der Waals surface area contributed by atoms with E-state index < -0.39 is 0 Å². The Bertz CT molecular complexity index is 596. The Hall–Kier alpha value is -2.59. The molecule has 4 heteroatoms. The van der Waals surface area contributed by atoms with Crippen LogP contribution >= 0.6 is 0 Å². The summed E-state index contributed by atoms with van der Waals surface area (Å²) in [6.45, 7) is 1.77. The highest BCUT2D eigenvalue weighted by molar-refractivity contribution is 5.69. The van der Waals surface area contributed by atoms with Crippen molar-refractivity contribution < 1.29 is 0 Å². The van der Waals surface area contributed by atoms with Crippen molar-refractivity contribution >= 4 is 0 Å². The minimum atomic E-state index is 0.360. The van der Waals surface area contributed by atoms with Crippen molar-refractivity contribution in [2.24, 2.45) is 0 Å². The molecule has 0 fully saturated rings. The van der Waals surface area contributed by atoms with Crippen LogP contribution in [0.3, 0.4) is 0 Å². The molecule has 4 nitrogen and oxygen atoms in total. The number of aromatic amines is 1. The number of aryl methyl sites for hydroxylation is 1. The van der Waals surface area contributed by atoms with Gasteiger partial charge in [-0.2, -0.15) is 10.5 Å². The van der Waals surface area contributed by atoms with Gasteiger partial charge in [-0.3, -0.25) is 4.98 Å². The van der Waals surface area contributed by atoms with Crippen LogP contribution in [0.25, 0.3) is 11.4 Å². The fourth-order valence-electron chi connectivity index (χ4n) is 1.58. The summed E-state index contributed by atoms with van der Waals surface area (Å²) in [5.41, 5.74) is 2.72. The predicted molar refractivity (Wildman–Crippen MR) is 58.2 cm³/mol. The molecule has 0 bridgehead atoms. The van der Waals surface area contributed by atoms with E-state index in [2.05, 4.69) is 9.97 Å². The van der Waals surface area contributed by atoms with Gasteiger partial charge in [-0.05, 0) is 19.1 Å². The molecule has 0 spiro atoms. The summed E-state index contributed by atoms with van der Waals surface area (Å²) in [6, 6.07) is 9.50. The van der Waals surface area contributed by atoms with Crippen molar-refractivity contribution in [2.45, 2.75) is 6.92 Å². The lowest BCUT2D eigenvalue weighted by atomic mass is 10.1. The predicted octanol–water partition coefficient (Wildman–Crippen LogP) is 2.13. The van der Waals surface area contributed by atoms with Gasteiger partial charge in [0.25, 0.3) is 0 Å². The van der Waals surface area contributed by atoms with Gasteiger partial charge in [0, 0.05) is 11.9 Å².